The first-order chi connectivity index (χ1) is 8.50. The van der Waals surface area contributed by atoms with Gasteiger partial charge in [0, 0.05) is 34.7 Å². The smallest absolute Gasteiger partial charge is 0.0694 e. The second-order valence-corrected chi connectivity index (χ2v) is 6.56. The van der Waals surface area contributed by atoms with E-state index in [4.69, 9.17) is 16.3 Å². The highest BCUT2D eigenvalue weighted by atomic mass is 35.5. The number of hydrogen-bond donors (Lipinski definition) is 1. The molecule has 0 bridgehead atoms. The molecule has 1 aliphatic heterocycles. The summed E-state index contributed by atoms with van der Waals surface area (Å²) >= 11 is 6.18. The van der Waals surface area contributed by atoms with Crippen LogP contribution >= 0.6 is 11.6 Å². The molecule has 3 atom stereocenters. The third-order valence-electron chi connectivity index (χ3n) is 4.59. The molecule has 1 heterocycles. The van der Waals surface area contributed by atoms with Crippen molar-refractivity contribution < 1.29 is 4.74 Å². The SMILES string of the molecule is Cc1ccc(NC2C3CCOC3C2(C)C)cc1Cl. The normalized spacial score (nSPS) is 32.8. The summed E-state index contributed by atoms with van der Waals surface area (Å²) in [5.74, 6) is 0.653. The van der Waals surface area contributed by atoms with E-state index >= 15 is 0 Å². The molecule has 1 aromatic carbocycles. The zero-order valence-electron chi connectivity index (χ0n) is 11.2. The van der Waals surface area contributed by atoms with E-state index in [2.05, 4.69) is 31.3 Å². The van der Waals surface area contributed by atoms with Crippen LogP contribution < -0.4 is 5.32 Å². The average molecular weight is 266 g/mol. The maximum atomic E-state index is 6.18. The van der Waals surface area contributed by atoms with Crippen molar-refractivity contribution in [3.8, 4) is 0 Å². The Bertz CT molecular complexity index is 472. The highest BCUT2D eigenvalue weighted by Gasteiger charge is 2.59. The van der Waals surface area contributed by atoms with Gasteiger partial charge in [-0.25, -0.2) is 0 Å². The predicted octanol–water partition coefficient (Wildman–Crippen LogP) is 3.87. The van der Waals surface area contributed by atoms with Gasteiger partial charge in [0.15, 0.2) is 0 Å². The second kappa shape index (κ2) is 4.14. The molecule has 0 amide bonds. The lowest BCUT2D eigenvalue weighted by molar-refractivity contribution is -0.0923. The molecule has 18 heavy (non-hydrogen) atoms. The largest absolute Gasteiger partial charge is 0.381 e. The van der Waals surface area contributed by atoms with Crippen LogP contribution in [0.2, 0.25) is 5.02 Å². The first kappa shape index (κ1) is 12.3. The zero-order valence-corrected chi connectivity index (χ0v) is 11.9. The van der Waals surface area contributed by atoms with Gasteiger partial charge in [0.1, 0.15) is 0 Å². The fraction of sp³-hybridized carbons (Fsp3) is 0.600. The van der Waals surface area contributed by atoms with E-state index in [1.807, 2.05) is 13.0 Å². The van der Waals surface area contributed by atoms with Crippen molar-refractivity contribution in [1.29, 1.82) is 0 Å². The fourth-order valence-corrected chi connectivity index (χ4v) is 3.66. The lowest BCUT2D eigenvalue weighted by Gasteiger charge is -2.55. The van der Waals surface area contributed by atoms with Gasteiger partial charge in [-0.2, -0.15) is 0 Å². The first-order valence-electron chi connectivity index (χ1n) is 6.64. The highest BCUT2D eigenvalue weighted by Crippen LogP contribution is 2.53. The van der Waals surface area contributed by atoms with E-state index in [1.165, 1.54) is 6.42 Å². The monoisotopic (exact) mass is 265 g/mol. The predicted molar refractivity (Wildman–Crippen MR) is 75.2 cm³/mol. The molecule has 1 saturated carbocycles. The summed E-state index contributed by atoms with van der Waals surface area (Å²) in [4.78, 5) is 0. The molecule has 2 aliphatic rings. The number of nitrogens with one attached hydrogen (secondary N) is 1. The molecule has 0 aromatic heterocycles. The van der Waals surface area contributed by atoms with Gasteiger partial charge in [-0.15, -0.1) is 0 Å². The summed E-state index contributed by atoms with van der Waals surface area (Å²) in [6.07, 6.45) is 1.60. The minimum absolute atomic E-state index is 0.207. The van der Waals surface area contributed by atoms with Crippen molar-refractivity contribution in [2.24, 2.45) is 11.3 Å². The minimum atomic E-state index is 0.207. The van der Waals surface area contributed by atoms with E-state index in [9.17, 15) is 0 Å². The minimum Gasteiger partial charge on any atom is -0.381 e. The molecule has 0 radical (unpaired) electrons. The molecule has 1 aromatic rings. The Morgan fingerprint density at radius 1 is 1.39 bits per heavy atom. The molecule has 1 aliphatic carbocycles. The van der Waals surface area contributed by atoms with Crippen molar-refractivity contribution in [2.45, 2.75) is 39.3 Å². The van der Waals surface area contributed by atoms with Crippen LogP contribution in [0.15, 0.2) is 18.2 Å². The van der Waals surface area contributed by atoms with Crippen LogP contribution in [0.1, 0.15) is 25.8 Å². The molecule has 3 rings (SSSR count). The Balaban J connectivity index is 1.78. The Labute approximate surface area is 114 Å². The number of anilines is 1. The summed E-state index contributed by atoms with van der Waals surface area (Å²) in [5.41, 5.74) is 2.45. The van der Waals surface area contributed by atoms with Gasteiger partial charge >= 0.3 is 0 Å². The fourth-order valence-electron chi connectivity index (χ4n) is 3.48. The third-order valence-corrected chi connectivity index (χ3v) is 5.00. The number of benzene rings is 1. The zero-order chi connectivity index (χ0) is 12.9. The van der Waals surface area contributed by atoms with Crippen LogP contribution in [0.4, 0.5) is 5.69 Å². The topological polar surface area (TPSA) is 21.3 Å². The summed E-state index contributed by atoms with van der Waals surface area (Å²) < 4.78 is 5.81. The van der Waals surface area contributed by atoms with Crippen LogP contribution in [0.5, 0.6) is 0 Å². The number of ether oxygens (including phenoxy) is 1. The Morgan fingerprint density at radius 2 is 2.17 bits per heavy atom. The summed E-state index contributed by atoms with van der Waals surface area (Å²) in [5, 5.41) is 4.47. The molecule has 2 fully saturated rings. The molecule has 1 saturated heterocycles. The quantitative estimate of drug-likeness (QED) is 0.876. The van der Waals surface area contributed by atoms with Crippen molar-refractivity contribution in [3.63, 3.8) is 0 Å². The van der Waals surface area contributed by atoms with Crippen molar-refractivity contribution >= 4 is 17.3 Å². The molecule has 3 unspecified atom stereocenters. The van der Waals surface area contributed by atoms with Gasteiger partial charge in [0.05, 0.1) is 6.10 Å². The second-order valence-electron chi connectivity index (χ2n) is 6.15. The van der Waals surface area contributed by atoms with E-state index in [0.717, 1.165) is 22.9 Å². The maximum Gasteiger partial charge on any atom is 0.0694 e. The lowest BCUT2D eigenvalue weighted by Crippen LogP contribution is -2.63. The van der Waals surface area contributed by atoms with Gasteiger partial charge in [-0.1, -0.05) is 31.5 Å². The van der Waals surface area contributed by atoms with Gasteiger partial charge in [0.2, 0.25) is 0 Å². The van der Waals surface area contributed by atoms with Crippen molar-refractivity contribution in [2.75, 3.05) is 11.9 Å². The number of fused-ring (bicyclic) bond motifs is 1. The third kappa shape index (κ3) is 1.74. The van der Waals surface area contributed by atoms with E-state index in [0.29, 0.717) is 18.1 Å². The van der Waals surface area contributed by atoms with Crippen molar-refractivity contribution in [1.82, 2.24) is 0 Å². The molecule has 3 heteroatoms. The number of aryl methyl sites for hydroxylation is 1. The molecule has 1 N–H and O–H groups in total. The van der Waals surface area contributed by atoms with Gasteiger partial charge in [-0.3, -0.25) is 0 Å². The molecule has 98 valence electrons. The van der Waals surface area contributed by atoms with Crippen LogP contribution in [-0.4, -0.2) is 18.8 Å². The molecule has 2 nitrogen and oxygen atoms in total. The van der Waals surface area contributed by atoms with Crippen LogP contribution in [0, 0.1) is 18.3 Å². The maximum absolute atomic E-state index is 6.18. The summed E-state index contributed by atoms with van der Waals surface area (Å²) in [6, 6.07) is 6.69. The number of rotatable bonds is 2. The molecular weight excluding hydrogens is 246 g/mol. The van der Waals surface area contributed by atoms with Gasteiger partial charge < -0.3 is 10.1 Å². The van der Waals surface area contributed by atoms with Crippen molar-refractivity contribution in [3.05, 3.63) is 28.8 Å². The molecular formula is C15H20ClNO. The Kier molecular flexibility index (Phi) is 2.83. The summed E-state index contributed by atoms with van der Waals surface area (Å²) in [7, 11) is 0. The Morgan fingerprint density at radius 3 is 2.89 bits per heavy atom. The van der Waals surface area contributed by atoms with Crippen LogP contribution in [-0.2, 0) is 4.74 Å². The Hall–Kier alpha value is -0.730. The van der Waals surface area contributed by atoms with E-state index < -0.39 is 0 Å². The highest BCUT2D eigenvalue weighted by molar-refractivity contribution is 6.31. The lowest BCUT2D eigenvalue weighted by atomic mass is 9.57. The first-order valence-corrected chi connectivity index (χ1v) is 7.02. The average Bonchev–Trinajstić information content (AvgIpc) is 2.77. The van der Waals surface area contributed by atoms with E-state index in [1.54, 1.807) is 0 Å². The van der Waals surface area contributed by atoms with Crippen LogP contribution in [0.25, 0.3) is 0 Å². The van der Waals surface area contributed by atoms with Crippen LogP contribution in [0.3, 0.4) is 0 Å². The molecule has 0 spiro atoms. The number of halogens is 1. The van der Waals surface area contributed by atoms with Gasteiger partial charge in [0.25, 0.3) is 0 Å². The standard InChI is InChI=1S/C15H20ClNO/c1-9-4-5-10(8-12(9)16)17-13-11-6-7-18-14(11)15(13,2)3/h4-5,8,11,13-14,17H,6-7H2,1-3H3. The van der Waals surface area contributed by atoms with Gasteiger partial charge in [-0.05, 0) is 31.0 Å². The summed E-state index contributed by atoms with van der Waals surface area (Å²) in [6.45, 7) is 7.51. The van der Waals surface area contributed by atoms with E-state index in [-0.39, 0.29) is 5.41 Å². The number of hydrogen-bond acceptors (Lipinski definition) is 2.